The van der Waals surface area contributed by atoms with Crippen molar-refractivity contribution in [2.45, 2.75) is 0 Å². The van der Waals surface area contributed by atoms with E-state index in [2.05, 4.69) is 198 Å². The van der Waals surface area contributed by atoms with E-state index in [1.807, 2.05) is 17.4 Å². The second kappa shape index (κ2) is 12.2. The highest BCUT2D eigenvalue weighted by Gasteiger charge is 2.23. The minimum Gasteiger partial charge on any atom is -0.454 e. The SMILES string of the molecule is c1ccc(-n2c3ccccc3c3ccc(-c4ccc(N(c5ccc6c(c5)sc5ccccc56)c5cccc6c5oc5ccccc56)c5ccccc45)cc32)cc1. The summed E-state index contributed by atoms with van der Waals surface area (Å²) in [7, 11) is 0. The average Bonchev–Trinajstić information content (AvgIpc) is 3.93. The smallest absolute Gasteiger partial charge is 0.159 e. The molecule has 0 radical (unpaired) electrons. The summed E-state index contributed by atoms with van der Waals surface area (Å²) in [5, 5.41) is 9.65. The van der Waals surface area contributed by atoms with Gasteiger partial charge >= 0.3 is 0 Å². The summed E-state index contributed by atoms with van der Waals surface area (Å²) in [4.78, 5) is 2.40. The van der Waals surface area contributed by atoms with Crippen LogP contribution in [0, 0.1) is 0 Å². The maximum Gasteiger partial charge on any atom is 0.159 e. The number of nitrogens with zero attached hydrogens (tertiary/aromatic N) is 2. The van der Waals surface area contributed by atoms with Crippen LogP contribution in [0.15, 0.2) is 199 Å². The fourth-order valence-electron chi connectivity index (χ4n) is 8.89. The van der Waals surface area contributed by atoms with Crippen molar-refractivity contribution in [2.24, 2.45) is 0 Å². The molecular formula is C52H32N2OS. The van der Waals surface area contributed by atoms with E-state index in [1.54, 1.807) is 0 Å². The number of thiophene rings is 1. The molecule has 0 N–H and O–H groups in total. The Kier molecular flexibility index (Phi) is 6.80. The number of benzene rings is 9. The molecule has 0 unspecified atom stereocenters. The van der Waals surface area contributed by atoms with Gasteiger partial charge in [0.05, 0.1) is 22.4 Å². The Balaban J connectivity index is 1.10. The van der Waals surface area contributed by atoms with Gasteiger partial charge in [0.15, 0.2) is 5.58 Å². The number of aromatic nitrogens is 1. The standard InChI is InChI=1S/C52H32N2OS/c1-2-13-34(14-3-1)53-45-21-9-6-17-39(45)40-27-25-33(31-48(40)53)36-29-30-46(38-16-5-4-15-37(36)38)54(35-26-28-43-42-19-8-11-24-50(42)56-51(43)32-35)47-22-12-20-44-41-18-7-10-23-49(41)55-52(44)47/h1-32H. The minimum atomic E-state index is 0.873. The normalized spacial score (nSPS) is 11.9. The first-order valence-corrected chi connectivity index (χ1v) is 19.8. The maximum absolute atomic E-state index is 6.72. The van der Waals surface area contributed by atoms with Crippen molar-refractivity contribution in [3.63, 3.8) is 0 Å². The van der Waals surface area contributed by atoms with Gasteiger partial charge in [0.25, 0.3) is 0 Å². The van der Waals surface area contributed by atoms with Gasteiger partial charge in [-0.05, 0) is 77.2 Å². The van der Waals surface area contributed by atoms with Crippen molar-refractivity contribution in [1.82, 2.24) is 4.57 Å². The molecule has 12 rings (SSSR count). The second-order valence-corrected chi connectivity index (χ2v) is 15.5. The quantitative estimate of drug-likeness (QED) is 0.176. The largest absolute Gasteiger partial charge is 0.454 e. The summed E-state index contributed by atoms with van der Waals surface area (Å²) >= 11 is 1.84. The van der Waals surface area contributed by atoms with Gasteiger partial charge < -0.3 is 13.9 Å². The van der Waals surface area contributed by atoms with Gasteiger partial charge in [-0.25, -0.2) is 0 Å². The number of hydrogen-bond donors (Lipinski definition) is 0. The molecule has 262 valence electrons. The lowest BCUT2D eigenvalue weighted by molar-refractivity contribution is 0.669. The van der Waals surface area contributed by atoms with Crippen LogP contribution in [-0.4, -0.2) is 4.57 Å². The Morgan fingerprint density at radius 2 is 1.09 bits per heavy atom. The Hall–Kier alpha value is -7.14. The van der Waals surface area contributed by atoms with Crippen LogP contribution in [0.5, 0.6) is 0 Å². The predicted octanol–water partition coefficient (Wildman–Crippen LogP) is 15.3. The molecule has 0 amide bonds. The van der Waals surface area contributed by atoms with Gasteiger partial charge in [-0.3, -0.25) is 0 Å². The number of hydrogen-bond acceptors (Lipinski definition) is 3. The van der Waals surface area contributed by atoms with E-state index >= 15 is 0 Å². The molecule has 0 aliphatic rings. The maximum atomic E-state index is 6.72. The molecule has 0 aliphatic heterocycles. The highest BCUT2D eigenvalue weighted by atomic mass is 32.1. The summed E-state index contributed by atoms with van der Waals surface area (Å²) in [6.45, 7) is 0. The highest BCUT2D eigenvalue weighted by molar-refractivity contribution is 7.25. The molecule has 0 aliphatic carbocycles. The Labute approximate surface area is 326 Å². The Morgan fingerprint density at radius 3 is 1.98 bits per heavy atom. The van der Waals surface area contributed by atoms with E-state index in [4.69, 9.17) is 4.42 Å². The third-order valence-corrected chi connectivity index (χ3v) is 12.5. The molecule has 3 heterocycles. The molecule has 4 heteroatoms. The predicted molar refractivity (Wildman–Crippen MR) is 239 cm³/mol. The summed E-state index contributed by atoms with van der Waals surface area (Å²) < 4.78 is 11.7. The molecule has 0 bridgehead atoms. The molecule has 0 atom stereocenters. The van der Waals surface area contributed by atoms with Crippen LogP contribution in [0.4, 0.5) is 17.1 Å². The Bertz CT molecular complexity index is 3500. The fraction of sp³-hybridized carbons (Fsp3) is 0. The average molecular weight is 733 g/mol. The summed E-state index contributed by atoms with van der Waals surface area (Å²) in [6, 6.07) is 70.2. The first kappa shape index (κ1) is 31.2. The van der Waals surface area contributed by atoms with E-state index in [1.165, 1.54) is 63.9 Å². The molecule has 0 saturated carbocycles. The molecule has 3 aromatic heterocycles. The lowest BCUT2D eigenvalue weighted by Crippen LogP contribution is -2.11. The zero-order chi connectivity index (χ0) is 36.7. The van der Waals surface area contributed by atoms with E-state index in [0.29, 0.717) is 0 Å². The van der Waals surface area contributed by atoms with Crippen molar-refractivity contribution in [3.05, 3.63) is 194 Å². The summed E-state index contributed by atoms with van der Waals surface area (Å²) in [5.74, 6) is 0. The lowest BCUT2D eigenvalue weighted by atomic mass is 9.95. The van der Waals surface area contributed by atoms with Crippen molar-refractivity contribution in [2.75, 3.05) is 4.90 Å². The van der Waals surface area contributed by atoms with E-state index < -0.39 is 0 Å². The number of anilines is 3. The van der Waals surface area contributed by atoms with Crippen LogP contribution in [0.25, 0.3) is 91.5 Å². The summed E-state index contributed by atoms with van der Waals surface area (Å²) in [6.07, 6.45) is 0. The zero-order valence-corrected chi connectivity index (χ0v) is 31.0. The zero-order valence-electron chi connectivity index (χ0n) is 30.2. The summed E-state index contributed by atoms with van der Waals surface area (Å²) in [5.41, 5.74) is 10.9. The van der Waals surface area contributed by atoms with Crippen LogP contribution in [0.2, 0.25) is 0 Å². The molecule has 9 aromatic carbocycles. The molecule has 3 nitrogen and oxygen atoms in total. The van der Waals surface area contributed by atoms with E-state index in [0.717, 1.165) is 44.7 Å². The van der Waals surface area contributed by atoms with Crippen LogP contribution in [0.1, 0.15) is 0 Å². The first-order chi connectivity index (χ1) is 27.8. The van der Waals surface area contributed by atoms with Gasteiger partial charge in [0, 0.05) is 58.5 Å². The third-order valence-electron chi connectivity index (χ3n) is 11.4. The van der Waals surface area contributed by atoms with Gasteiger partial charge in [0.1, 0.15) is 5.58 Å². The number of rotatable bonds is 5. The van der Waals surface area contributed by atoms with Crippen molar-refractivity contribution >= 4 is 103 Å². The van der Waals surface area contributed by atoms with Crippen LogP contribution in [-0.2, 0) is 0 Å². The molecule has 0 saturated heterocycles. The molecule has 0 fully saturated rings. The van der Waals surface area contributed by atoms with Gasteiger partial charge in [0.2, 0.25) is 0 Å². The van der Waals surface area contributed by atoms with Crippen LogP contribution in [0.3, 0.4) is 0 Å². The first-order valence-electron chi connectivity index (χ1n) is 19.0. The van der Waals surface area contributed by atoms with Crippen LogP contribution >= 0.6 is 11.3 Å². The number of fused-ring (bicyclic) bond motifs is 10. The number of para-hydroxylation sites is 4. The van der Waals surface area contributed by atoms with Crippen molar-refractivity contribution < 1.29 is 4.42 Å². The molecular weight excluding hydrogens is 701 g/mol. The topological polar surface area (TPSA) is 21.3 Å². The molecule has 0 spiro atoms. The van der Waals surface area contributed by atoms with Gasteiger partial charge in [-0.2, -0.15) is 0 Å². The fourth-order valence-corrected chi connectivity index (χ4v) is 10.0. The Morgan fingerprint density at radius 1 is 0.411 bits per heavy atom. The molecule has 12 aromatic rings. The lowest BCUT2D eigenvalue weighted by Gasteiger charge is -2.27. The van der Waals surface area contributed by atoms with Gasteiger partial charge in [-0.1, -0.05) is 133 Å². The molecule has 56 heavy (non-hydrogen) atoms. The monoisotopic (exact) mass is 732 g/mol. The third kappa shape index (κ3) is 4.63. The van der Waals surface area contributed by atoms with E-state index in [-0.39, 0.29) is 0 Å². The van der Waals surface area contributed by atoms with Gasteiger partial charge in [-0.15, -0.1) is 11.3 Å². The van der Waals surface area contributed by atoms with Crippen LogP contribution < -0.4 is 4.90 Å². The van der Waals surface area contributed by atoms with Crippen molar-refractivity contribution in [1.29, 1.82) is 0 Å². The highest BCUT2D eigenvalue weighted by Crippen LogP contribution is 2.47. The van der Waals surface area contributed by atoms with E-state index in [9.17, 15) is 0 Å². The van der Waals surface area contributed by atoms with Crippen molar-refractivity contribution in [3.8, 4) is 16.8 Å². The minimum absolute atomic E-state index is 0.873. The number of furan rings is 1. The second-order valence-electron chi connectivity index (χ2n) is 14.5.